The number of hydrogen-bond acceptors (Lipinski definition) is 3. The standard InChI is InChI=1S/C20H27N3O/c1-3-17-18-14-22(15-8-4-5-9-15)12-13-23(18)20(21-17)16-10-6-7-11-19(16)24-2/h6-7,10-11,15H,3-5,8-9,12-14H2,1-2H3. The van der Waals surface area contributed by atoms with E-state index in [1.807, 2.05) is 12.1 Å². The molecule has 0 radical (unpaired) electrons. The van der Waals surface area contributed by atoms with E-state index in [0.717, 1.165) is 49.2 Å². The fourth-order valence-corrected chi connectivity index (χ4v) is 4.35. The van der Waals surface area contributed by atoms with Crippen molar-refractivity contribution in [2.45, 2.75) is 58.2 Å². The number of methoxy groups -OCH3 is 1. The zero-order chi connectivity index (χ0) is 16.5. The number of imidazole rings is 1. The number of rotatable bonds is 4. The minimum atomic E-state index is 0.785. The van der Waals surface area contributed by atoms with Crippen LogP contribution in [0.25, 0.3) is 11.4 Å². The van der Waals surface area contributed by atoms with Crippen LogP contribution in [0.5, 0.6) is 5.75 Å². The summed E-state index contributed by atoms with van der Waals surface area (Å²) in [5.74, 6) is 1.98. The molecule has 128 valence electrons. The van der Waals surface area contributed by atoms with Crippen molar-refractivity contribution in [2.75, 3.05) is 13.7 Å². The van der Waals surface area contributed by atoms with Gasteiger partial charge in [-0.15, -0.1) is 0 Å². The second-order valence-corrected chi connectivity index (χ2v) is 6.94. The zero-order valence-electron chi connectivity index (χ0n) is 14.8. The predicted octanol–water partition coefficient (Wildman–Crippen LogP) is 3.88. The van der Waals surface area contributed by atoms with E-state index < -0.39 is 0 Å². The van der Waals surface area contributed by atoms with Gasteiger partial charge in [-0.05, 0) is 31.4 Å². The molecule has 1 fully saturated rings. The Morgan fingerprint density at radius 2 is 1.96 bits per heavy atom. The molecule has 4 heteroatoms. The molecule has 4 nitrogen and oxygen atoms in total. The van der Waals surface area contributed by atoms with Crippen LogP contribution < -0.4 is 4.74 Å². The van der Waals surface area contributed by atoms with Gasteiger partial charge in [0.15, 0.2) is 0 Å². The number of nitrogens with zero attached hydrogens (tertiary/aromatic N) is 3. The number of ether oxygens (including phenoxy) is 1. The van der Waals surface area contributed by atoms with E-state index in [1.54, 1.807) is 7.11 Å². The van der Waals surface area contributed by atoms with E-state index >= 15 is 0 Å². The number of benzene rings is 1. The van der Waals surface area contributed by atoms with Gasteiger partial charge in [0.05, 0.1) is 24.1 Å². The number of aryl methyl sites for hydroxylation is 1. The van der Waals surface area contributed by atoms with Crippen LogP contribution in [0.1, 0.15) is 44.0 Å². The fraction of sp³-hybridized carbons (Fsp3) is 0.550. The van der Waals surface area contributed by atoms with E-state index in [2.05, 4.69) is 28.5 Å². The summed E-state index contributed by atoms with van der Waals surface area (Å²) >= 11 is 0. The van der Waals surface area contributed by atoms with Gasteiger partial charge in [0.1, 0.15) is 11.6 Å². The van der Waals surface area contributed by atoms with Gasteiger partial charge in [-0.2, -0.15) is 0 Å². The first-order valence-corrected chi connectivity index (χ1v) is 9.27. The Morgan fingerprint density at radius 3 is 2.71 bits per heavy atom. The lowest BCUT2D eigenvalue weighted by molar-refractivity contribution is 0.157. The van der Waals surface area contributed by atoms with E-state index in [-0.39, 0.29) is 0 Å². The molecule has 1 aromatic heterocycles. The highest BCUT2D eigenvalue weighted by Gasteiger charge is 2.30. The maximum atomic E-state index is 5.57. The molecule has 1 aromatic carbocycles. The predicted molar refractivity (Wildman–Crippen MR) is 96.3 cm³/mol. The summed E-state index contributed by atoms with van der Waals surface area (Å²) in [7, 11) is 1.74. The van der Waals surface area contributed by atoms with Crippen LogP contribution in [0.2, 0.25) is 0 Å². The maximum absolute atomic E-state index is 5.57. The first-order chi connectivity index (χ1) is 11.8. The highest BCUT2D eigenvalue weighted by atomic mass is 16.5. The van der Waals surface area contributed by atoms with Gasteiger partial charge < -0.3 is 9.30 Å². The van der Waals surface area contributed by atoms with Gasteiger partial charge in [0.2, 0.25) is 0 Å². The Bertz CT molecular complexity index is 716. The van der Waals surface area contributed by atoms with Crippen LogP contribution in [0.15, 0.2) is 24.3 Å². The van der Waals surface area contributed by atoms with Crippen molar-refractivity contribution in [3.05, 3.63) is 35.7 Å². The molecule has 0 spiro atoms. The van der Waals surface area contributed by atoms with Gasteiger partial charge in [0.25, 0.3) is 0 Å². The minimum Gasteiger partial charge on any atom is -0.496 e. The number of aromatic nitrogens is 2. The van der Waals surface area contributed by atoms with Crippen molar-refractivity contribution >= 4 is 0 Å². The van der Waals surface area contributed by atoms with E-state index in [9.17, 15) is 0 Å². The van der Waals surface area contributed by atoms with Crippen molar-refractivity contribution < 1.29 is 4.74 Å². The molecule has 0 unspecified atom stereocenters. The summed E-state index contributed by atoms with van der Waals surface area (Å²) in [4.78, 5) is 7.70. The third kappa shape index (κ3) is 2.63. The smallest absolute Gasteiger partial charge is 0.144 e. The van der Waals surface area contributed by atoms with Crippen molar-refractivity contribution in [3.63, 3.8) is 0 Å². The van der Waals surface area contributed by atoms with E-state index in [1.165, 1.54) is 37.1 Å². The second kappa shape index (κ2) is 6.60. The normalized spacial score (nSPS) is 18.8. The maximum Gasteiger partial charge on any atom is 0.144 e. The van der Waals surface area contributed by atoms with Crippen LogP contribution in [0.3, 0.4) is 0 Å². The molecular weight excluding hydrogens is 298 g/mol. The third-order valence-corrected chi connectivity index (χ3v) is 5.64. The van der Waals surface area contributed by atoms with Gasteiger partial charge in [-0.1, -0.05) is 31.9 Å². The number of fused-ring (bicyclic) bond motifs is 1. The molecule has 0 N–H and O–H groups in total. The molecular formula is C20H27N3O. The Balaban J connectivity index is 1.72. The zero-order valence-corrected chi connectivity index (χ0v) is 14.8. The third-order valence-electron chi connectivity index (χ3n) is 5.64. The second-order valence-electron chi connectivity index (χ2n) is 6.94. The molecule has 4 rings (SSSR count). The lowest BCUT2D eigenvalue weighted by Crippen LogP contribution is -2.40. The molecule has 1 aliphatic carbocycles. The summed E-state index contributed by atoms with van der Waals surface area (Å²) in [5.41, 5.74) is 3.77. The molecule has 1 saturated carbocycles. The summed E-state index contributed by atoms with van der Waals surface area (Å²) in [6.45, 7) is 5.44. The largest absolute Gasteiger partial charge is 0.496 e. The molecule has 1 aliphatic heterocycles. The lowest BCUT2D eigenvalue weighted by Gasteiger charge is -2.34. The molecule has 0 saturated heterocycles. The van der Waals surface area contributed by atoms with Crippen molar-refractivity contribution in [2.24, 2.45) is 0 Å². The quantitative estimate of drug-likeness (QED) is 0.854. The molecule has 2 aromatic rings. The van der Waals surface area contributed by atoms with Crippen LogP contribution >= 0.6 is 0 Å². The van der Waals surface area contributed by atoms with Crippen molar-refractivity contribution in [1.82, 2.24) is 14.5 Å². The summed E-state index contributed by atoms with van der Waals surface area (Å²) in [6, 6.07) is 9.02. The average Bonchev–Trinajstić information content (AvgIpc) is 3.29. The molecule has 0 atom stereocenters. The molecule has 0 bridgehead atoms. The SMILES string of the molecule is CCc1nc(-c2ccccc2OC)n2c1CN(C1CCCC1)CC2. The molecule has 24 heavy (non-hydrogen) atoms. The number of para-hydroxylation sites is 1. The van der Waals surface area contributed by atoms with E-state index in [0.29, 0.717) is 0 Å². The minimum absolute atomic E-state index is 0.785. The van der Waals surface area contributed by atoms with Gasteiger partial charge in [0, 0.05) is 25.7 Å². The lowest BCUT2D eigenvalue weighted by atomic mass is 10.1. The first kappa shape index (κ1) is 15.7. The fourth-order valence-electron chi connectivity index (χ4n) is 4.35. The van der Waals surface area contributed by atoms with E-state index in [4.69, 9.17) is 9.72 Å². The Morgan fingerprint density at radius 1 is 1.17 bits per heavy atom. The van der Waals surface area contributed by atoms with Gasteiger partial charge >= 0.3 is 0 Å². The van der Waals surface area contributed by atoms with Crippen LogP contribution in [0.4, 0.5) is 0 Å². The summed E-state index contributed by atoms with van der Waals surface area (Å²) < 4.78 is 8.01. The monoisotopic (exact) mass is 325 g/mol. The summed E-state index contributed by atoms with van der Waals surface area (Å²) in [5, 5.41) is 0. The van der Waals surface area contributed by atoms with Crippen LogP contribution in [-0.2, 0) is 19.5 Å². The van der Waals surface area contributed by atoms with Gasteiger partial charge in [-0.3, -0.25) is 4.90 Å². The summed E-state index contributed by atoms with van der Waals surface area (Å²) in [6.07, 6.45) is 6.52. The average molecular weight is 325 g/mol. The highest BCUT2D eigenvalue weighted by molar-refractivity contribution is 5.65. The van der Waals surface area contributed by atoms with Crippen molar-refractivity contribution in [3.8, 4) is 17.1 Å². The van der Waals surface area contributed by atoms with Crippen molar-refractivity contribution in [1.29, 1.82) is 0 Å². The Hall–Kier alpha value is -1.81. The number of hydrogen-bond donors (Lipinski definition) is 0. The van der Waals surface area contributed by atoms with Crippen LogP contribution in [0, 0.1) is 0 Å². The topological polar surface area (TPSA) is 30.3 Å². The Labute approximate surface area is 144 Å². The first-order valence-electron chi connectivity index (χ1n) is 9.27. The molecule has 2 heterocycles. The molecule has 2 aliphatic rings. The highest BCUT2D eigenvalue weighted by Crippen LogP contribution is 2.34. The Kier molecular flexibility index (Phi) is 4.31. The molecule has 0 amide bonds. The van der Waals surface area contributed by atoms with Gasteiger partial charge in [-0.25, -0.2) is 4.98 Å². The van der Waals surface area contributed by atoms with Crippen LogP contribution in [-0.4, -0.2) is 34.1 Å².